The molecule has 0 heterocycles. The summed E-state index contributed by atoms with van der Waals surface area (Å²) in [6.45, 7) is 0.909. The summed E-state index contributed by atoms with van der Waals surface area (Å²) in [6.07, 6.45) is 11.1. The van der Waals surface area contributed by atoms with Gasteiger partial charge in [-0.25, -0.2) is 0 Å². The summed E-state index contributed by atoms with van der Waals surface area (Å²) >= 11 is 0. The highest BCUT2D eigenvalue weighted by atomic mass is 14.8. The number of nitrogens with one attached hydrogen (secondary N) is 1. The van der Waals surface area contributed by atoms with Crippen molar-refractivity contribution in [2.75, 3.05) is 13.6 Å². The summed E-state index contributed by atoms with van der Waals surface area (Å²) in [5.74, 6) is 0. The average Bonchev–Trinajstić information content (AvgIpc) is 2.21. The first-order valence-electron chi connectivity index (χ1n) is 4.93. The lowest BCUT2D eigenvalue weighted by Crippen LogP contribution is -2.04. The number of nitrogens with zero attached hydrogens (tertiary/aromatic N) is 1. The summed E-state index contributed by atoms with van der Waals surface area (Å²) in [4.78, 5) is 0. The molecule has 0 saturated carbocycles. The van der Waals surface area contributed by atoms with Gasteiger partial charge in [0.25, 0.3) is 0 Å². The molecule has 2 nitrogen and oxygen atoms in total. The molecule has 0 spiro atoms. The lowest BCUT2D eigenvalue weighted by atomic mass is 9.96. The summed E-state index contributed by atoms with van der Waals surface area (Å²) < 4.78 is 0. The molecular weight excluding hydrogens is 172 g/mol. The van der Waals surface area contributed by atoms with Crippen molar-refractivity contribution in [1.29, 1.82) is 5.26 Å². The van der Waals surface area contributed by atoms with E-state index in [2.05, 4.69) is 35.7 Å². The van der Waals surface area contributed by atoms with Crippen LogP contribution in [0.1, 0.15) is 19.3 Å². The summed E-state index contributed by atoms with van der Waals surface area (Å²) in [7, 11) is 1.94. The van der Waals surface area contributed by atoms with Gasteiger partial charge in [0.2, 0.25) is 0 Å². The molecule has 0 fully saturated rings. The van der Waals surface area contributed by atoms with E-state index in [-0.39, 0.29) is 0 Å². The van der Waals surface area contributed by atoms with Crippen LogP contribution in [0, 0.1) is 11.3 Å². The predicted molar refractivity (Wildman–Crippen MR) is 58.7 cm³/mol. The topological polar surface area (TPSA) is 35.8 Å². The second-order valence-corrected chi connectivity index (χ2v) is 3.36. The molecule has 1 rings (SSSR count). The molecule has 0 unspecified atom stereocenters. The van der Waals surface area contributed by atoms with Crippen LogP contribution in [0.5, 0.6) is 0 Å². The smallest absolute Gasteiger partial charge is 0.0666 e. The van der Waals surface area contributed by atoms with E-state index in [1.54, 1.807) is 0 Å². The number of nitriles is 1. The van der Waals surface area contributed by atoms with Gasteiger partial charge in [-0.15, -0.1) is 0 Å². The minimum atomic E-state index is 0.573. The molecule has 74 valence electrons. The molecule has 0 aliphatic heterocycles. The quantitative estimate of drug-likeness (QED) is 0.735. The van der Waals surface area contributed by atoms with E-state index < -0.39 is 0 Å². The SMILES string of the molecule is CNC/C=C/C1=CC=C(CC#N)CC1. The fraction of sp³-hybridized carbons (Fsp3) is 0.417. The first-order valence-corrected chi connectivity index (χ1v) is 4.93. The van der Waals surface area contributed by atoms with Crippen LogP contribution in [0.15, 0.2) is 35.5 Å². The lowest BCUT2D eigenvalue weighted by molar-refractivity contribution is 0.891. The molecular formula is C12H16N2. The van der Waals surface area contributed by atoms with Crippen molar-refractivity contribution >= 4 is 0 Å². The highest BCUT2D eigenvalue weighted by Crippen LogP contribution is 2.20. The van der Waals surface area contributed by atoms with E-state index in [4.69, 9.17) is 5.26 Å². The molecule has 14 heavy (non-hydrogen) atoms. The third-order valence-electron chi connectivity index (χ3n) is 2.23. The van der Waals surface area contributed by atoms with E-state index in [9.17, 15) is 0 Å². The van der Waals surface area contributed by atoms with Crippen molar-refractivity contribution in [2.45, 2.75) is 19.3 Å². The highest BCUT2D eigenvalue weighted by Gasteiger charge is 2.03. The van der Waals surface area contributed by atoms with Crippen LogP contribution in [-0.4, -0.2) is 13.6 Å². The monoisotopic (exact) mass is 188 g/mol. The van der Waals surface area contributed by atoms with Crippen LogP contribution in [0.2, 0.25) is 0 Å². The lowest BCUT2D eigenvalue weighted by Gasteiger charge is -2.09. The maximum atomic E-state index is 8.52. The fourth-order valence-corrected chi connectivity index (χ4v) is 1.41. The molecule has 0 amide bonds. The van der Waals surface area contributed by atoms with E-state index in [0.29, 0.717) is 6.42 Å². The number of hydrogen-bond donors (Lipinski definition) is 1. The Morgan fingerprint density at radius 1 is 1.50 bits per heavy atom. The first-order chi connectivity index (χ1) is 6.86. The van der Waals surface area contributed by atoms with Gasteiger partial charge in [0.05, 0.1) is 12.5 Å². The van der Waals surface area contributed by atoms with Crippen LogP contribution in [-0.2, 0) is 0 Å². The largest absolute Gasteiger partial charge is 0.316 e. The zero-order chi connectivity index (χ0) is 10.2. The second-order valence-electron chi connectivity index (χ2n) is 3.36. The van der Waals surface area contributed by atoms with E-state index in [1.807, 2.05) is 7.05 Å². The Balaban J connectivity index is 2.47. The van der Waals surface area contributed by atoms with E-state index in [0.717, 1.165) is 19.4 Å². The zero-order valence-corrected chi connectivity index (χ0v) is 8.59. The van der Waals surface area contributed by atoms with Crippen LogP contribution in [0.3, 0.4) is 0 Å². The number of likely N-dealkylation sites (N-methyl/N-ethyl adjacent to an activating group) is 1. The second kappa shape index (κ2) is 6.17. The summed E-state index contributed by atoms with van der Waals surface area (Å²) in [5, 5.41) is 11.6. The summed E-state index contributed by atoms with van der Waals surface area (Å²) in [6, 6.07) is 2.18. The Morgan fingerprint density at radius 2 is 2.36 bits per heavy atom. The zero-order valence-electron chi connectivity index (χ0n) is 8.59. The van der Waals surface area contributed by atoms with Crippen LogP contribution in [0.25, 0.3) is 0 Å². The standard InChI is InChI=1S/C12H16N2/c1-14-10-2-3-11-4-6-12(7-5-11)8-9-13/h2-4,6,14H,5,7-8,10H2,1H3/b3-2+. The van der Waals surface area contributed by atoms with Gasteiger partial charge in [0.1, 0.15) is 0 Å². The number of allylic oxidation sites excluding steroid dienone is 5. The number of rotatable bonds is 4. The van der Waals surface area contributed by atoms with Gasteiger partial charge in [-0.2, -0.15) is 5.26 Å². The van der Waals surface area contributed by atoms with Gasteiger partial charge >= 0.3 is 0 Å². The van der Waals surface area contributed by atoms with Crippen molar-refractivity contribution in [2.24, 2.45) is 0 Å². The maximum absolute atomic E-state index is 8.52. The van der Waals surface area contributed by atoms with E-state index >= 15 is 0 Å². The predicted octanol–water partition coefficient (Wildman–Crippen LogP) is 2.32. The minimum Gasteiger partial charge on any atom is -0.316 e. The Morgan fingerprint density at radius 3 is 2.93 bits per heavy atom. The molecule has 0 saturated heterocycles. The maximum Gasteiger partial charge on any atom is 0.0666 e. The average molecular weight is 188 g/mol. The molecule has 1 aliphatic rings. The van der Waals surface area contributed by atoms with Crippen molar-refractivity contribution in [3.63, 3.8) is 0 Å². The minimum absolute atomic E-state index is 0.573. The van der Waals surface area contributed by atoms with Crippen LogP contribution < -0.4 is 5.32 Å². The molecule has 0 aromatic carbocycles. The van der Waals surface area contributed by atoms with Gasteiger partial charge in [0, 0.05) is 6.54 Å². The molecule has 0 bridgehead atoms. The Hall–Kier alpha value is -1.33. The first kappa shape index (κ1) is 10.7. The van der Waals surface area contributed by atoms with Crippen LogP contribution >= 0.6 is 0 Å². The van der Waals surface area contributed by atoms with Gasteiger partial charge in [-0.05, 0) is 25.5 Å². The molecule has 0 atom stereocenters. The Labute approximate surface area is 85.6 Å². The van der Waals surface area contributed by atoms with Gasteiger partial charge in [0.15, 0.2) is 0 Å². The van der Waals surface area contributed by atoms with Gasteiger partial charge in [-0.1, -0.05) is 29.9 Å². The normalized spacial score (nSPS) is 16.3. The molecule has 1 N–H and O–H groups in total. The summed E-state index contributed by atoms with van der Waals surface area (Å²) in [5.41, 5.74) is 2.60. The molecule has 1 aliphatic carbocycles. The molecule has 0 aromatic rings. The molecule has 0 radical (unpaired) electrons. The third kappa shape index (κ3) is 3.59. The molecule has 2 heteroatoms. The Kier molecular flexibility index (Phi) is 4.74. The third-order valence-corrected chi connectivity index (χ3v) is 2.23. The highest BCUT2D eigenvalue weighted by molar-refractivity contribution is 5.31. The van der Waals surface area contributed by atoms with E-state index in [1.165, 1.54) is 11.1 Å². The van der Waals surface area contributed by atoms with Crippen LogP contribution in [0.4, 0.5) is 0 Å². The Bertz CT molecular complexity index is 303. The molecule has 0 aromatic heterocycles. The van der Waals surface area contributed by atoms with Crippen molar-refractivity contribution in [1.82, 2.24) is 5.32 Å². The number of hydrogen-bond acceptors (Lipinski definition) is 2. The fourth-order valence-electron chi connectivity index (χ4n) is 1.41. The van der Waals surface area contributed by atoms with Crippen molar-refractivity contribution in [3.8, 4) is 6.07 Å². The van der Waals surface area contributed by atoms with Gasteiger partial charge in [-0.3, -0.25) is 0 Å². The van der Waals surface area contributed by atoms with Crippen molar-refractivity contribution in [3.05, 3.63) is 35.5 Å². The van der Waals surface area contributed by atoms with Gasteiger partial charge < -0.3 is 5.32 Å². The van der Waals surface area contributed by atoms with Crippen molar-refractivity contribution < 1.29 is 0 Å².